The van der Waals surface area contributed by atoms with Crippen molar-refractivity contribution in [1.29, 1.82) is 0 Å². The van der Waals surface area contributed by atoms with Gasteiger partial charge in [-0.05, 0) is 18.6 Å². The summed E-state index contributed by atoms with van der Waals surface area (Å²) in [6.07, 6.45) is 3.55. The Kier molecular flexibility index (Phi) is 4.98. The minimum Gasteiger partial charge on any atom is -0.495 e. The molecule has 112 valence electrons. The molecular weight excluding hydrogens is 264 g/mol. The molecule has 0 aliphatic rings. The zero-order valence-corrected chi connectivity index (χ0v) is 13.1. The van der Waals surface area contributed by atoms with Crippen molar-refractivity contribution in [2.45, 2.75) is 19.8 Å². The van der Waals surface area contributed by atoms with Crippen LogP contribution in [0.25, 0.3) is 0 Å². The molecule has 21 heavy (non-hydrogen) atoms. The Morgan fingerprint density at radius 1 is 1.24 bits per heavy atom. The number of hydrogen-bond donors (Lipinski definition) is 1. The quantitative estimate of drug-likeness (QED) is 0.883. The minimum atomic E-state index is 0.826. The Balaban J connectivity index is 2.50. The van der Waals surface area contributed by atoms with Crippen molar-refractivity contribution in [1.82, 2.24) is 9.97 Å². The Bertz CT molecular complexity index is 601. The summed E-state index contributed by atoms with van der Waals surface area (Å²) in [4.78, 5) is 10.8. The van der Waals surface area contributed by atoms with Crippen molar-refractivity contribution < 1.29 is 4.74 Å². The van der Waals surface area contributed by atoms with Gasteiger partial charge in [-0.1, -0.05) is 25.5 Å². The second-order valence-electron chi connectivity index (χ2n) is 4.76. The van der Waals surface area contributed by atoms with Gasteiger partial charge in [0.2, 0.25) is 0 Å². The summed E-state index contributed by atoms with van der Waals surface area (Å²) in [6.45, 7) is 2.15. The van der Waals surface area contributed by atoms with E-state index in [0.29, 0.717) is 0 Å². The fourth-order valence-corrected chi connectivity index (χ4v) is 2.41. The van der Waals surface area contributed by atoms with E-state index in [1.54, 1.807) is 13.4 Å². The molecular formula is C16H22N4O. The molecule has 0 spiro atoms. The third-order valence-electron chi connectivity index (χ3n) is 3.42. The van der Waals surface area contributed by atoms with Crippen LogP contribution in [0.2, 0.25) is 0 Å². The molecule has 0 unspecified atom stereocenters. The van der Waals surface area contributed by atoms with Crippen LogP contribution in [0, 0.1) is 0 Å². The van der Waals surface area contributed by atoms with E-state index in [1.807, 2.05) is 43.3 Å². The zero-order valence-electron chi connectivity index (χ0n) is 13.1. The lowest BCUT2D eigenvalue weighted by atomic mass is 10.1. The van der Waals surface area contributed by atoms with E-state index in [2.05, 4.69) is 22.2 Å². The van der Waals surface area contributed by atoms with Crippen molar-refractivity contribution in [3.8, 4) is 5.75 Å². The molecule has 2 aromatic rings. The Labute approximate surface area is 126 Å². The lowest BCUT2D eigenvalue weighted by molar-refractivity contribution is 0.415. The largest absolute Gasteiger partial charge is 0.495 e. The molecule has 0 amide bonds. The summed E-state index contributed by atoms with van der Waals surface area (Å²) in [5, 5.41) is 3.15. The summed E-state index contributed by atoms with van der Waals surface area (Å²) in [6, 6.07) is 7.93. The highest BCUT2D eigenvalue weighted by Gasteiger charge is 2.17. The number of methoxy groups -OCH3 is 1. The summed E-state index contributed by atoms with van der Waals surface area (Å²) < 4.78 is 5.44. The van der Waals surface area contributed by atoms with Gasteiger partial charge in [0.15, 0.2) is 0 Å². The van der Waals surface area contributed by atoms with Crippen LogP contribution in [0.3, 0.4) is 0 Å². The Morgan fingerprint density at radius 3 is 2.67 bits per heavy atom. The maximum Gasteiger partial charge on any atom is 0.142 e. The van der Waals surface area contributed by atoms with Crippen LogP contribution in [-0.2, 0) is 6.42 Å². The fourth-order valence-electron chi connectivity index (χ4n) is 2.41. The highest BCUT2D eigenvalue weighted by atomic mass is 16.5. The number of nitrogens with zero attached hydrogens (tertiary/aromatic N) is 3. The van der Waals surface area contributed by atoms with E-state index in [0.717, 1.165) is 41.5 Å². The van der Waals surface area contributed by atoms with Gasteiger partial charge in [0.05, 0.1) is 12.8 Å². The number of aromatic nitrogens is 2. The SMILES string of the molecule is CCCc1c(NC)ncnc1N(C)c1ccccc1OC. The first-order valence-corrected chi connectivity index (χ1v) is 7.11. The van der Waals surface area contributed by atoms with Crippen molar-refractivity contribution >= 4 is 17.3 Å². The summed E-state index contributed by atoms with van der Waals surface area (Å²) in [7, 11) is 5.56. The number of benzene rings is 1. The molecule has 2 rings (SSSR count). The van der Waals surface area contributed by atoms with Gasteiger partial charge >= 0.3 is 0 Å². The average Bonchev–Trinajstić information content (AvgIpc) is 2.54. The number of ether oxygens (including phenoxy) is 1. The van der Waals surface area contributed by atoms with Gasteiger partial charge < -0.3 is 15.0 Å². The van der Waals surface area contributed by atoms with E-state index >= 15 is 0 Å². The topological polar surface area (TPSA) is 50.3 Å². The van der Waals surface area contributed by atoms with Gasteiger partial charge in [0, 0.05) is 19.7 Å². The molecule has 5 nitrogen and oxygen atoms in total. The standard InChI is InChI=1S/C16H22N4O/c1-5-8-12-15(17-2)18-11-19-16(12)20(3)13-9-6-7-10-14(13)21-4/h6-7,9-11H,5,8H2,1-4H3,(H,17,18,19). The van der Waals surface area contributed by atoms with E-state index in [-0.39, 0.29) is 0 Å². The lowest BCUT2D eigenvalue weighted by Gasteiger charge is -2.24. The number of nitrogens with one attached hydrogen (secondary N) is 1. The third kappa shape index (κ3) is 3.07. The van der Waals surface area contributed by atoms with Crippen LogP contribution in [0.1, 0.15) is 18.9 Å². The van der Waals surface area contributed by atoms with Gasteiger partial charge in [-0.25, -0.2) is 9.97 Å². The van der Waals surface area contributed by atoms with Gasteiger partial charge in [0.1, 0.15) is 23.7 Å². The van der Waals surface area contributed by atoms with Gasteiger partial charge in [-0.2, -0.15) is 0 Å². The van der Waals surface area contributed by atoms with Crippen molar-refractivity contribution in [3.63, 3.8) is 0 Å². The van der Waals surface area contributed by atoms with Crippen LogP contribution in [-0.4, -0.2) is 31.2 Å². The maximum atomic E-state index is 5.44. The van der Waals surface area contributed by atoms with Crippen molar-refractivity contribution in [2.24, 2.45) is 0 Å². The normalized spacial score (nSPS) is 10.3. The average molecular weight is 286 g/mol. The predicted octanol–water partition coefficient (Wildman–Crippen LogP) is 3.25. The van der Waals surface area contributed by atoms with Crippen LogP contribution in [0.15, 0.2) is 30.6 Å². The van der Waals surface area contributed by atoms with Gasteiger partial charge in [-0.3, -0.25) is 0 Å². The van der Waals surface area contributed by atoms with E-state index < -0.39 is 0 Å². The number of rotatable bonds is 6. The molecule has 1 heterocycles. The summed E-state index contributed by atoms with van der Waals surface area (Å²) in [5.74, 6) is 2.61. The molecule has 0 radical (unpaired) electrons. The molecule has 1 N–H and O–H groups in total. The highest BCUT2D eigenvalue weighted by Crippen LogP contribution is 2.34. The molecule has 0 saturated heterocycles. The van der Waals surface area contributed by atoms with Crippen LogP contribution in [0.4, 0.5) is 17.3 Å². The van der Waals surface area contributed by atoms with E-state index in [9.17, 15) is 0 Å². The maximum absolute atomic E-state index is 5.44. The van der Waals surface area contributed by atoms with Gasteiger partial charge in [-0.15, -0.1) is 0 Å². The monoisotopic (exact) mass is 286 g/mol. The first-order valence-electron chi connectivity index (χ1n) is 7.11. The molecule has 0 saturated carbocycles. The highest BCUT2D eigenvalue weighted by molar-refractivity contribution is 5.71. The molecule has 0 fully saturated rings. The van der Waals surface area contributed by atoms with Crippen molar-refractivity contribution in [2.75, 3.05) is 31.4 Å². The van der Waals surface area contributed by atoms with Crippen LogP contribution in [0.5, 0.6) is 5.75 Å². The summed E-state index contributed by atoms with van der Waals surface area (Å²) in [5.41, 5.74) is 2.11. The number of hydrogen-bond acceptors (Lipinski definition) is 5. The second kappa shape index (κ2) is 6.92. The number of anilines is 3. The van der Waals surface area contributed by atoms with E-state index in [4.69, 9.17) is 4.74 Å². The van der Waals surface area contributed by atoms with Crippen LogP contribution < -0.4 is 15.0 Å². The minimum absolute atomic E-state index is 0.826. The Morgan fingerprint density at radius 2 is 2.00 bits per heavy atom. The smallest absolute Gasteiger partial charge is 0.142 e. The molecule has 0 aliphatic carbocycles. The zero-order chi connectivity index (χ0) is 15.2. The molecule has 1 aromatic carbocycles. The molecule has 5 heteroatoms. The van der Waals surface area contributed by atoms with Crippen molar-refractivity contribution in [3.05, 3.63) is 36.2 Å². The molecule has 0 aliphatic heterocycles. The number of para-hydroxylation sites is 2. The van der Waals surface area contributed by atoms with E-state index in [1.165, 1.54) is 0 Å². The van der Waals surface area contributed by atoms with Gasteiger partial charge in [0.25, 0.3) is 0 Å². The van der Waals surface area contributed by atoms with Crippen LogP contribution >= 0.6 is 0 Å². The second-order valence-corrected chi connectivity index (χ2v) is 4.76. The Hall–Kier alpha value is -2.30. The molecule has 1 aromatic heterocycles. The lowest BCUT2D eigenvalue weighted by Crippen LogP contribution is -2.16. The molecule has 0 bridgehead atoms. The third-order valence-corrected chi connectivity index (χ3v) is 3.42. The first kappa shape index (κ1) is 15.1. The molecule has 0 atom stereocenters. The first-order chi connectivity index (χ1) is 10.2. The fraction of sp³-hybridized carbons (Fsp3) is 0.375. The summed E-state index contributed by atoms with van der Waals surface area (Å²) >= 11 is 0. The predicted molar refractivity (Wildman–Crippen MR) is 86.6 cm³/mol.